The number of aromatic nitrogens is 1. The van der Waals surface area contributed by atoms with Gasteiger partial charge in [-0.2, -0.15) is 0 Å². The molecule has 0 aliphatic carbocycles. The molecule has 4 rings (SSSR count). The molecule has 1 saturated heterocycles. The number of nitrogens with zero attached hydrogens (tertiary/aromatic N) is 2. The lowest BCUT2D eigenvalue weighted by atomic mass is 10.0. The minimum atomic E-state index is -0.0805. The van der Waals surface area contributed by atoms with Gasteiger partial charge in [-0.3, -0.25) is 9.69 Å². The van der Waals surface area contributed by atoms with E-state index in [9.17, 15) is 4.79 Å². The van der Waals surface area contributed by atoms with E-state index in [1.807, 2.05) is 25.1 Å². The molecule has 1 amide bonds. The maximum absolute atomic E-state index is 12.7. The van der Waals surface area contributed by atoms with E-state index in [1.165, 1.54) is 16.9 Å². The van der Waals surface area contributed by atoms with E-state index in [0.717, 1.165) is 42.4 Å². The van der Waals surface area contributed by atoms with E-state index in [1.54, 1.807) is 6.26 Å². The number of thiazole rings is 1. The first-order valence-electron chi connectivity index (χ1n) is 9.27. The standard InChI is InChI=1S/C21H23N3O2S/c1-15-19(23-21(27-15)18-8-5-13-26-18)20(25)22-17-9-11-24(12-10-17)14-16-6-3-2-4-7-16/h2-8,13,17H,9-12,14H2,1H3,(H,22,25). The highest BCUT2D eigenvalue weighted by Gasteiger charge is 2.24. The average Bonchev–Trinajstić information content (AvgIpc) is 3.34. The number of benzene rings is 1. The van der Waals surface area contributed by atoms with E-state index in [4.69, 9.17) is 4.42 Å². The smallest absolute Gasteiger partial charge is 0.271 e. The minimum Gasteiger partial charge on any atom is -0.462 e. The molecule has 0 saturated carbocycles. The number of likely N-dealkylation sites (tertiary alicyclic amines) is 1. The molecule has 1 fully saturated rings. The fraction of sp³-hybridized carbons (Fsp3) is 0.333. The van der Waals surface area contributed by atoms with E-state index >= 15 is 0 Å². The number of carbonyl (C=O) groups excluding carboxylic acids is 1. The topological polar surface area (TPSA) is 58.4 Å². The Bertz CT molecular complexity index is 882. The second-order valence-electron chi connectivity index (χ2n) is 6.91. The van der Waals surface area contributed by atoms with Gasteiger partial charge in [0.1, 0.15) is 5.69 Å². The van der Waals surface area contributed by atoms with Crippen molar-refractivity contribution in [1.29, 1.82) is 0 Å². The van der Waals surface area contributed by atoms with Gasteiger partial charge in [-0.05, 0) is 37.5 Å². The van der Waals surface area contributed by atoms with Gasteiger partial charge >= 0.3 is 0 Å². The molecule has 1 aliphatic heterocycles. The number of rotatable bonds is 5. The van der Waals surface area contributed by atoms with Crippen molar-refractivity contribution in [3.8, 4) is 10.8 Å². The number of aryl methyl sites for hydroxylation is 1. The molecule has 3 aromatic rings. The van der Waals surface area contributed by atoms with Crippen LogP contribution in [0.4, 0.5) is 0 Å². The monoisotopic (exact) mass is 381 g/mol. The lowest BCUT2D eigenvalue weighted by Gasteiger charge is -2.32. The van der Waals surface area contributed by atoms with Gasteiger partial charge in [0, 0.05) is 30.6 Å². The van der Waals surface area contributed by atoms with Crippen molar-refractivity contribution in [2.75, 3.05) is 13.1 Å². The summed E-state index contributed by atoms with van der Waals surface area (Å²) in [7, 11) is 0. The van der Waals surface area contributed by atoms with E-state index in [-0.39, 0.29) is 11.9 Å². The quantitative estimate of drug-likeness (QED) is 0.723. The SMILES string of the molecule is Cc1sc(-c2ccco2)nc1C(=O)NC1CCN(Cc2ccccc2)CC1. The average molecular weight is 382 g/mol. The molecule has 0 atom stereocenters. The highest BCUT2D eigenvalue weighted by molar-refractivity contribution is 7.15. The summed E-state index contributed by atoms with van der Waals surface area (Å²) in [5, 5.41) is 3.92. The summed E-state index contributed by atoms with van der Waals surface area (Å²) in [6.07, 6.45) is 3.55. The van der Waals surface area contributed by atoms with Gasteiger partial charge in [0.25, 0.3) is 5.91 Å². The zero-order chi connectivity index (χ0) is 18.6. The van der Waals surface area contributed by atoms with Gasteiger partial charge in [-0.1, -0.05) is 30.3 Å². The molecule has 0 spiro atoms. The van der Waals surface area contributed by atoms with Crippen LogP contribution >= 0.6 is 11.3 Å². The van der Waals surface area contributed by atoms with E-state index in [0.29, 0.717) is 11.5 Å². The van der Waals surface area contributed by atoms with Crippen molar-refractivity contribution in [1.82, 2.24) is 15.2 Å². The van der Waals surface area contributed by atoms with Crippen molar-refractivity contribution < 1.29 is 9.21 Å². The molecule has 3 heterocycles. The lowest BCUT2D eigenvalue weighted by molar-refractivity contribution is 0.0904. The van der Waals surface area contributed by atoms with E-state index in [2.05, 4.69) is 39.5 Å². The van der Waals surface area contributed by atoms with Crippen LogP contribution in [-0.2, 0) is 6.54 Å². The molecule has 1 aromatic carbocycles. The molecule has 5 nitrogen and oxygen atoms in total. The highest BCUT2D eigenvalue weighted by atomic mass is 32.1. The first-order valence-corrected chi connectivity index (χ1v) is 10.1. The second-order valence-corrected chi connectivity index (χ2v) is 8.11. The van der Waals surface area contributed by atoms with Gasteiger partial charge in [0.05, 0.1) is 6.26 Å². The van der Waals surface area contributed by atoms with Crippen LogP contribution in [0.2, 0.25) is 0 Å². The zero-order valence-electron chi connectivity index (χ0n) is 15.4. The van der Waals surface area contributed by atoms with Crippen molar-refractivity contribution in [3.63, 3.8) is 0 Å². The van der Waals surface area contributed by atoms with Crippen molar-refractivity contribution in [3.05, 3.63) is 64.9 Å². The van der Waals surface area contributed by atoms with Crippen molar-refractivity contribution >= 4 is 17.2 Å². The summed E-state index contributed by atoms with van der Waals surface area (Å²) in [5.74, 6) is 0.624. The van der Waals surface area contributed by atoms with Crippen LogP contribution in [-0.4, -0.2) is 34.9 Å². The summed E-state index contributed by atoms with van der Waals surface area (Å²) >= 11 is 1.49. The molecular weight excluding hydrogens is 358 g/mol. The van der Waals surface area contributed by atoms with Crippen LogP contribution in [0.15, 0.2) is 53.1 Å². The normalized spacial score (nSPS) is 15.7. The Hall–Kier alpha value is -2.44. The fourth-order valence-corrected chi connectivity index (χ4v) is 4.32. The van der Waals surface area contributed by atoms with Gasteiger partial charge in [-0.25, -0.2) is 4.98 Å². The molecule has 0 bridgehead atoms. The maximum atomic E-state index is 12.7. The zero-order valence-corrected chi connectivity index (χ0v) is 16.2. The van der Waals surface area contributed by atoms with Crippen LogP contribution in [0.25, 0.3) is 10.8 Å². The number of nitrogens with one attached hydrogen (secondary N) is 1. The Morgan fingerprint density at radius 1 is 1.22 bits per heavy atom. The van der Waals surface area contributed by atoms with Gasteiger partial charge < -0.3 is 9.73 Å². The number of hydrogen-bond acceptors (Lipinski definition) is 5. The van der Waals surface area contributed by atoms with Crippen molar-refractivity contribution in [2.45, 2.75) is 32.4 Å². The van der Waals surface area contributed by atoms with Crippen LogP contribution < -0.4 is 5.32 Å². The third-order valence-corrected chi connectivity index (χ3v) is 5.90. The largest absolute Gasteiger partial charge is 0.462 e. The Labute approximate surface area is 163 Å². The number of furan rings is 1. The van der Waals surface area contributed by atoms with Gasteiger partial charge in [0.15, 0.2) is 10.8 Å². The summed E-state index contributed by atoms with van der Waals surface area (Å²) in [5.41, 5.74) is 1.85. The third kappa shape index (κ3) is 4.28. The number of piperidine rings is 1. The maximum Gasteiger partial charge on any atom is 0.271 e. The lowest BCUT2D eigenvalue weighted by Crippen LogP contribution is -2.44. The summed E-state index contributed by atoms with van der Waals surface area (Å²) in [4.78, 5) is 20.5. The molecular formula is C21H23N3O2S. The molecule has 1 N–H and O–H groups in total. The summed E-state index contributed by atoms with van der Waals surface area (Å²) in [6.45, 7) is 4.89. The van der Waals surface area contributed by atoms with Crippen molar-refractivity contribution in [2.24, 2.45) is 0 Å². The fourth-order valence-electron chi connectivity index (χ4n) is 3.44. The second kappa shape index (κ2) is 8.06. The predicted molar refractivity (Wildman–Crippen MR) is 107 cm³/mol. The molecule has 1 aliphatic rings. The number of carbonyl (C=O) groups is 1. The molecule has 2 aromatic heterocycles. The molecule has 0 radical (unpaired) electrons. The third-order valence-electron chi connectivity index (χ3n) is 4.92. The van der Waals surface area contributed by atoms with Crippen LogP contribution in [0.5, 0.6) is 0 Å². The molecule has 0 unspecified atom stereocenters. The Balaban J connectivity index is 1.32. The first kappa shape index (κ1) is 17.9. The minimum absolute atomic E-state index is 0.0805. The van der Waals surface area contributed by atoms with Crippen LogP contribution in [0.1, 0.15) is 33.8 Å². The Morgan fingerprint density at radius 3 is 2.70 bits per heavy atom. The predicted octanol–water partition coefficient (Wildman–Crippen LogP) is 4.11. The van der Waals surface area contributed by atoms with E-state index < -0.39 is 0 Å². The molecule has 27 heavy (non-hydrogen) atoms. The first-order chi connectivity index (χ1) is 13.2. The Morgan fingerprint density at radius 2 is 2.00 bits per heavy atom. The Kier molecular flexibility index (Phi) is 5.36. The van der Waals surface area contributed by atoms with Crippen LogP contribution in [0.3, 0.4) is 0 Å². The van der Waals surface area contributed by atoms with Gasteiger partial charge in [0.2, 0.25) is 0 Å². The van der Waals surface area contributed by atoms with Gasteiger partial charge in [-0.15, -0.1) is 11.3 Å². The number of amides is 1. The number of hydrogen-bond donors (Lipinski definition) is 1. The highest BCUT2D eigenvalue weighted by Crippen LogP contribution is 2.28. The molecule has 140 valence electrons. The molecule has 6 heteroatoms. The van der Waals surface area contributed by atoms with Crippen LogP contribution in [0, 0.1) is 6.92 Å². The summed E-state index contributed by atoms with van der Waals surface area (Å²) < 4.78 is 5.39. The summed E-state index contributed by atoms with van der Waals surface area (Å²) in [6, 6.07) is 14.4.